The van der Waals surface area contributed by atoms with Gasteiger partial charge < -0.3 is 15.2 Å². The summed E-state index contributed by atoms with van der Waals surface area (Å²) in [6, 6.07) is 8.15. The molecule has 0 spiro atoms. The third kappa shape index (κ3) is 2.81. The molecule has 0 bridgehead atoms. The number of ether oxygens (including phenoxy) is 2. The van der Waals surface area contributed by atoms with Gasteiger partial charge in [0.2, 0.25) is 0 Å². The molecule has 5 nitrogen and oxygen atoms in total. The third-order valence-corrected chi connectivity index (χ3v) is 4.48. The molecule has 0 saturated heterocycles. The topological polar surface area (TPSA) is 81.2 Å². The van der Waals surface area contributed by atoms with Crippen LogP contribution in [0, 0.1) is 11.3 Å². The molecule has 0 radical (unpaired) electrons. The molecule has 2 N–H and O–H groups in total. The summed E-state index contributed by atoms with van der Waals surface area (Å²) in [5, 5.41) is 9.62. The molecule has 0 aliphatic heterocycles. The highest BCUT2D eigenvalue weighted by Gasteiger charge is 2.22. The summed E-state index contributed by atoms with van der Waals surface area (Å²) >= 11 is 0. The van der Waals surface area contributed by atoms with Gasteiger partial charge in [-0.1, -0.05) is 6.07 Å². The van der Waals surface area contributed by atoms with E-state index in [1.54, 1.807) is 14.2 Å². The summed E-state index contributed by atoms with van der Waals surface area (Å²) in [7, 11) is 3.29. The van der Waals surface area contributed by atoms with E-state index in [-0.39, 0.29) is 0 Å². The molecule has 1 aliphatic rings. The summed E-state index contributed by atoms with van der Waals surface area (Å²) in [4.78, 5) is 4.47. The van der Waals surface area contributed by atoms with Gasteiger partial charge in [-0.2, -0.15) is 5.26 Å². The standard InChI is InChI=1S/C19H21N3O2/c1-23-11-13-9-12(7-8-17(13)24-2)18-14-5-3-4-6-16(14)22-19(21)15(18)10-20/h7-9H,3-6,11H2,1-2H3,(H2,21,22). The fourth-order valence-electron chi connectivity index (χ4n) is 3.40. The number of aryl methyl sites for hydroxylation is 1. The second-order valence-corrected chi connectivity index (χ2v) is 5.95. The number of nitrogen functional groups attached to an aromatic ring is 1. The third-order valence-electron chi connectivity index (χ3n) is 4.48. The van der Waals surface area contributed by atoms with Crippen LogP contribution in [-0.4, -0.2) is 19.2 Å². The van der Waals surface area contributed by atoms with Gasteiger partial charge in [-0.15, -0.1) is 0 Å². The molecule has 1 aromatic heterocycles. The van der Waals surface area contributed by atoms with Crippen molar-refractivity contribution >= 4 is 5.82 Å². The van der Waals surface area contributed by atoms with Crippen LogP contribution in [0.15, 0.2) is 18.2 Å². The van der Waals surface area contributed by atoms with Gasteiger partial charge in [-0.25, -0.2) is 4.98 Å². The number of pyridine rings is 1. The highest BCUT2D eigenvalue weighted by Crippen LogP contribution is 2.37. The Hall–Kier alpha value is -2.58. The molecule has 5 heteroatoms. The van der Waals surface area contributed by atoms with Gasteiger partial charge in [0.25, 0.3) is 0 Å². The van der Waals surface area contributed by atoms with Crippen LogP contribution in [-0.2, 0) is 24.2 Å². The lowest BCUT2D eigenvalue weighted by Crippen LogP contribution is -2.12. The van der Waals surface area contributed by atoms with Crippen molar-refractivity contribution in [1.29, 1.82) is 5.26 Å². The number of anilines is 1. The molecule has 1 aliphatic carbocycles. The Bertz CT molecular complexity index is 809. The van der Waals surface area contributed by atoms with Crippen molar-refractivity contribution < 1.29 is 9.47 Å². The van der Waals surface area contributed by atoms with E-state index < -0.39 is 0 Å². The number of nitriles is 1. The zero-order valence-electron chi connectivity index (χ0n) is 14.1. The lowest BCUT2D eigenvalue weighted by molar-refractivity contribution is 0.181. The number of hydrogen-bond acceptors (Lipinski definition) is 5. The van der Waals surface area contributed by atoms with Gasteiger partial charge >= 0.3 is 0 Å². The number of aromatic nitrogens is 1. The Morgan fingerprint density at radius 3 is 2.75 bits per heavy atom. The van der Waals surface area contributed by atoms with E-state index in [4.69, 9.17) is 15.2 Å². The zero-order chi connectivity index (χ0) is 17.1. The molecule has 24 heavy (non-hydrogen) atoms. The van der Waals surface area contributed by atoms with Crippen molar-refractivity contribution in [2.75, 3.05) is 20.0 Å². The smallest absolute Gasteiger partial charge is 0.142 e. The normalized spacial score (nSPS) is 13.2. The number of fused-ring (bicyclic) bond motifs is 1. The minimum absolute atomic E-state index is 0.317. The van der Waals surface area contributed by atoms with Crippen molar-refractivity contribution in [2.45, 2.75) is 32.3 Å². The van der Waals surface area contributed by atoms with E-state index >= 15 is 0 Å². The number of nitrogens with zero attached hydrogens (tertiary/aromatic N) is 2. The quantitative estimate of drug-likeness (QED) is 0.934. The molecule has 0 unspecified atom stereocenters. The van der Waals surface area contributed by atoms with Gasteiger partial charge in [0, 0.05) is 23.9 Å². The van der Waals surface area contributed by atoms with Gasteiger partial charge in [0.1, 0.15) is 23.2 Å². The Labute approximate surface area is 142 Å². The van der Waals surface area contributed by atoms with Crippen molar-refractivity contribution in [3.63, 3.8) is 0 Å². The first-order valence-electron chi connectivity index (χ1n) is 8.07. The molecule has 0 atom stereocenters. The highest BCUT2D eigenvalue weighted by molar-refractivity contribution is 5.80. The van der Waals surface area contributed by atoms with Gasteiger partial charge in [-0.3, -0.25) is 0 Å². The van der Waals surface area contributed by atoms with Crippen molar-refractivity contribution in [3.05, 3.63) is 40.6 Å². The number of methoxy groups -OCH3 is 2. The predicted octanol–water partition coefficient (Wildman–Crippen LogP) is 3.24. The maximum atomic E-state index is 9.62. The number of benzene rings is 1. The molecular weight excluding hydrogens is 302 g/mol. The molecule has 3 rings (SSSR count). The second-order valence-electron chi connectivity index (χ2n) is 5.95. The molecular formula is C19H21N3O2. The second kappa shape index (κ2) is 6.90. The maximum Gasteiger partial charge on any atom is 0.142 e. The lowest BCUT2D eigenvalue weighted by Gasteiger charge is -2.21. The maximum absolute atomic E-state index is 9.62. The van der Waals surface area contributed by atoms with E-state index in [9.17, 15) is 5.26 Å². The fraction of sp³-hybridized carbons (Fsp3) is 0.368. The van der Waals surface area contributed by atoms with Crippen molar-refractivity contribution in [2.24, 2.45) is 0 Å². The number of rotatable bonds is 4. The van der Waals surface area contributed by atoms with Crippen LogP contribution in [0.2, 0.25) is 0 Å². The molecule has 1 heterocycles. The minimum Gasteiger partial charge on any atom is -0.496 e. The van der Waals surface area contributed by atoms with Crippen LogP contribution in [0.3, 0.4) is 0 Å². The summed E-state index contributed by atoms with van der Waals surface area (Å²) in [5.74, 6) is 1.09. The van der Waals surface area contributed by atoms with Crippen LogP contribution in [0.25, 0.3) is 11.1 Å². The van der Waals surface area contributed by atoms with Gasteiger partial charge in [-0.05, 0) is 48.9 Å². The molecule has 0 saturated carbocycles. The Morgan fingerprint density at radius 1 is 1.25 bits per heavy atom. The first-order valence-corrected chi connectivity index (χ1v) is 8.07. The van der Waals surface area contributed by atoms with Crippen molar-refractivity contribution in [1.82, 2.24) is 4.98 Å². The minimum atomic E-state index is 0.317. The zero-order valence-corrected chi connectivity index (χ0v) is 14.1. The summed E-state index contributed by atoms with van der Waals surface area (Å²) in [5.41, 5.74) is 11.5. The summed E-state index contributed by atoms with van der Waals surface area (Å²) < 4.78 is 10.7. The Morgan fingerprint density at radius 2 is 2.04 bits per heavy atom. The van der Waals surface area contributed by atoms with Crippen LogP contribution in [0.4, 0.5) is 5.82 Å². The number of nitrogens with two attached hydrogens (primary N) is 1. The molecule has 2 aromatic rings. The van der Waals surface area contributed by atoms with Crippen LogP contribution < -0.4 is 10.5 Å². The molecule has 0 fully saturated rings. The molecule has 0 amide bonds. The van der Waals surface area contributed by atoms with Crippen LogP contribution >= 0.6 is 0 Å². The average molecular weight is 323 g/mol. The number of hydrogen-bond donors (Lipinski definition) is 1. The lowest BCUT2D eigenvalue weighted by atomic mass is 9.86. The Balaban J connectivity index is 2.24. The highest BCUT2D eigenvalue weighted by atomic mass is 16.5. The average Bonchev–Trinajstić information content (AvgIpc) is 2.60. The van der Waals surface area contributed by atoms with E-state index in [2.05, 4.69) is 11.1 Å². The van der Waals surface area contributed by atoms with E-state index in [1.807, 2.05) is 18.2 Å². The Kier molecular flexibility index (Phi) is 4.68. The fourth-order valence-corrected chi connectivity index (χ4v) is 3.40. The van der Waals surface area contributed by atoms with Crippen molar-refractivity contribution in [3.8, 4) is 22.9 Å². The molecule has 124 valence electrons. The van der Waals surface area contributed by atoms with Gasteiger partial charge in [0.05, 0.1) is 13.7 Å². The van der Waals surface area contributed by atoms with E-state index in [0.29, 0.717) is 18.0 Å². The summed E-state index contributed by atoms with van der Waals surface area (Å²) in [6.45, 7) is 0.446. The first-order chi connectivity index (χ1) is 11.7. The van der Waals surface area contributed by atoms with E-state index in [0.717, 1.165) is 59.4 Å². The summed E-state index contributed by atoms with van der Waals surface area (Å²) in [6.07, 6.45) is 4.07. The monoisotopic (exact) mass is 323 g/mol. The SMILES string of the molecule is COCc1cc(-c2c(C#N)c(N)nc3c2CCCC3)ccc1OC. The van der Waals surface area contributed by atoms with Gasteiger partial charge in [0.15, 0.2) is 0 Å². The van der Waals surface area contributed by atoms with Crippen LogP contribution in [0.1, 0.15) is 35.2 Å². The predicted molar refractivity (Wildman–Crippen MR) is 92.7 cm³/mol. The largest absolute Gasteiger partial charge is 0.496 e. The molecule has 1 aromatic carbocycles. The van der Waals surface area contributed by atoms with Crippen LogP contribution in [0.5, 0.6) is 5.75 Å². The van der Waals surface area contributed by atoms with E-state index in [1.165, 1.54) is 0 Å². The first kappa shape index (κ1) is 16.3.